The van der Waals surface area contributed by atoms with Gasteiger partial charge in [-0.3, -0.25) is 9.48 Å². The number of nitrogens with one attached hydrogen (secondary N) is 1. The number of amides is 1. The molecule has 5 nitrogen and oxygen atoms in total. The minimum absolute atomic E-state index is 0.00617. The van der Waals surface area contributed by atoms with Gasteiger partial charge in [0.2, 0.25) is 5.91 Å². The Morgan fingerprint density at radius 1 is 1.39 bits per heavy atom. The number of nitrogens with zero attached hydrogens (tertiary/aromatic N) is 2. The Morgan fingerprint density at radius 3 is 2.78 bits per heavy atom. The second-order valence-corrected chi connectivity index (χ2v) is 5.43. The maximum absolute atomic E-state index is 12.4. The van der Waals surface area contributed by atoms with Gasteiger partial charge in [-0.2, -0.15) is 5.10 Å². The van der Waals surface area contributed by atoms with Crippen molar-refractivity contribution in [2.45, 2.75) is 18.7 Å². The van der Waals surface area contributed by atoms with Crippen LogP contribution in [0.1, 0.15) is 17.9 Å². The number of aryl methyl sites for hydroxylation is 1. The number of hydrogen-bond donors (Lipinski definition) is 1. The number of aromatic nitrogens is 2. The molecule has 3 rings (SSSR count). The summed E-state index contributed by atoms with van der Waals surface area (Å²) in [5.74, 6) is -0.957. The summed E-state index contributed by atoms with van der Waals surface area (Å²) in [7, 11) is 1.78. The molecule has 1 aliphatic rings. The molecule has 1 N–H and O–H groups in total. The summed E-state index contributed by atoms with van der Waals surface area (Å²) in [6.07, 6.45) is -0.629. The molecule has 1 fully saturated rings. The van der Waals surface area contributed by atoms with Gasteiger partial charge in [-0.15, -0.1) is 13.2 Å². The lowest BCUT2D eigenvalue weighted by Crippen LogP contribution is -2.20. The van der Waals surface area contributed by atoms with Gasteiger partial charge in [-0.25, -0.2) is 0 Å². The van der Waals surface area contributed by atoms with E-state index in [0.717, 1.165) is 11.6 Å². The van der Waals surface area contributed by atoms with Crippen molar-refractivity contribution in [1.82, 2.24) is 9.78 Å². The SMILES string of the molecule is Cn1cc([C@@H]2C[C@@H]2C(=O)Nc2ccccc2OC(F)(F)F)cn1. The number of anilines is 1. The fraction of sp³-hybridized carbons (Fsp3) is 0.333. The van der Waals surface area contributed by atoms with E-state index in [1.54, 1.807) is 17.9 Å². The van der Waals surface area contributed by atoms with Gasteiger partial charge in [0.15, 0.2) is 5.75 Å². The maximum Gasteiger partial charge on any atom is 0.573 e. The average molecular weight is 325 g/mol. The summed E-state index contributed by atoms with van der Waals surface area (Å²) < 4.78 is 42.7. The lowest BCUT2D eigenvalue weighted by molar-refractivity contribution is -0.274. The van der Waals surface area contributed by atoms with Crippen molar-refractivity contribution >= 4 is 11.6 Å². The van der Waals surface area contributed by atoms with Gasteiger partial charge < -0.3 is 10.1 Å². The minimum atomic E-state index is -4.81. The number of rotatable bonds is 4. The van der Waals surface area contributed by atoms with Crippen LogP contribution in [-0.2, 0) is 11.8 Å². The molecule has 8 heteroatoms. The largest absolute Gasteiger partial charge is 0.573 e. The minimum Gasteiger partial charge on any atom is -0.404 e. The van der Waals surface area contributed by atoms with Gasteiger partial charge in [0.25, 0.3) is 0 Å². The van der Waals surface area contributed by atoms with E-state index in [2.05, 4.69) is 15.2 Å². The highest BCUT2D eigenvalue weighted by Crippen LogP contribution is 2.48. The molecule has 0 radical (unpaired) electrons. The number of para-hydroxylation sites is 2. The Labute approximate surface area is 130 Å². The van der Waals surface area contributed by atoms with E-state index in [1.807, 2.05) is 6.20 Å². The Kier molecular flexibility index (Phi) is 3.75. The molecular formula is C15H14F3N3O2. The second kappa shape index (κ2) is 5.60. The third kappa shape index (κ3) is 3.64. The van der Waals surface area contributed by atoms with Crippen molar-refractivity contribution in [2.75, 3.05) is 5.32 Å². The first-order valence-corrected chi connectivity index (χ1v) is 6.97. The predicted molar refractivity (Wildman–Crippen MR) is 75.8 cm³/mol. The molecule has 122 valence electrons. The van der Waals surface area contributed by atoms with E-state index in [4.69, 9.17) is 0 Å². The summed E-state index contributed by atoms with van der Waals surface area (Å²) in [4.78, 5) is 12.2. The highest BCUT2D eigenvalue weighted by molar-refractivity contribution is 5.96. The average Bonchev–Trinajstić information content (AvgIpc) is 3.15. The number of carbonyl (C=O) groups is 1. The second-order valence-electron chi connectivity index (χ2n) is 5.43. The molecule has 1 amide bonds. The number of alkyl halides is 3. The van der Waals surface area contributed by atoms with Gasteiger partial charge in [0.1, 0.15) is 0 Å². The smallest absolute Gasteiger partial charge is 0.404 e. The molecule has 1 saturated carbocycles. The van der Waals surface area contributed by atoms with Crippen molar-refractivity contribution < 1.29 is 22.7 Å². The van der Waals surface area contributed by atoms with Crippen LogP contribution < -0.4 is 10.1 Å². The highest BCUT2D eigenvalue weighted by atomic mass is 19.4. The fourth-order valence-corrected chi connectivity index (χ4v) is 2.49. The van der Waals surface area contributed by atoms with E-state index >= 15 is 0 Å². The Morgan fingerprint density at radius 2 is 2.13 bits per heavy atom. The van der Waals surface area contributed by atoms with Gasteiger partial charge in [0, 0.05) is 19.2 Å². The van der Waals surface area contributed by atoms with Crippen molar-refractivity contribution in [1.29, 1.82) is 0 Å². The number of ether oxygens (including phenoxy) is 1. The fourth-order valence-electron chi connectivity index (χ4n) is 2.49. The lowest BCUT2D eigenvalue weighted by Gasteiger charge is -2.13. The number of hydrogen-bond acceptors (Lipinski definition) is 3. The van der Waals surface area contributed by atoms with Crippen molar-refractivity contribution in [3.8, 4) is 5.75 Å². The molecule has 0 unspecified atom stereocenters. The molecule has 2 atom stereocenters. The highest BCUT2D eigenvalue weighted by Gasteiger charge is 2.45. The quantitative estimate of drug-likeness (QED) is 0.940. The molecule has 1 aliphatic carbocycles. The van der Waals surface area contributed by atoms with Gasteiger partial charge >= 0.3 is 6.36 Å². The van der Waals surface area contributed by atoms with Crippen LogP contribution in [-0.4, -0.2) is 22.1 Å². The predicted octanol–water partition coefficient (Wildman–Crippen LogP) is 3.06. The number of carbonyl (C=O) groups excluding carboxylic acids is 1. The first-order valence-electron chi connectivity index (χ1n) is 6.97. The number of halogens is 3. The van der Waals surface area contributed by atoms with Crippen LogP contribution in [0.2, 0.25) is 0 Å². The van der Waals surface area contributed by atoms with E-state index in [0.29, 0.717) is 6.42 Å². The third-order valence-electron chi connectivity index (χ3n) is 3.65. The maximum atomic E-state index is 12.4. The zero-order valence-corrected chi connectivity index (χ0v) is 12.2. The van der Waals surface area contributed by atoms with Crippen LogP contribution in [0.3, 0.4) is 0 Å². The van der Waals surface area contributed by atoms with Crippen molar-refractivity contribution in [2.24, 2.45) is 13.0 Å². The van der Waals surface area contributed by atoms with E-state index in [9.17, 15) is 18.0 Å². The standard InChI is InChI=1S/C15H14F3N3O2/c1-21-8-9(7-19-21)10-6-11(10)14(22)20-12-4-2-3-5-13(12)23-15(16,17)18/h2-5,7-8,10-11H,6H2,1H3,(H,20,22)/t10-,11-/m0/s1. The monoisotopic (exact) mass is 325 g/mol. The molecule has 1 heterocycles. The van der Waals surface area contributed by atoms with Gasteiger partial charge in [-0.05, 0) is 30.0 Å². The first kappa shape index (κ1) is 15.4. The van der Waals surface area contributed by atoms with Gasteiger partial charge in [-0.1, -0.05) is 12.1 Å². The third-order valence-corrected chi connectivity index (χ3v) is 3.65. The van der Waals surface area contributed by atoms with Crippen molar-refractivity contribution in [3.05, 3.63) is 42.2 Å². The zero-order valence-electron chi connectivity index (χ0n) is 12.2. The molecule has 1 aromatic carbocycles. The van der Waals surface area contributed by atoms with E-state index < -0.39 is 12.1 Å². The zero-order chi connectivity index (χ0) is 16.6. The normalized spacial score (nSPS) is 20.2. The van der Waals surface area contributed by atoms with Crippen LogP contribution in [0.25, 0.3) is 0 Å². The van der Waals surface area contributed by atoms with Gasteiger partial charge in [0.05, 0.1) is 11.9 Å². The summed E-state index contributed by atoms with van der Waals surface area (Å²) in [5, 5.41) is 6.56. The summed E-state index contributed by atoms with van der Waals surface area (Å²) in [6.45, 7) is 0. The Bertz CT molecular complexity index is 727. The van der Waals surface area contributed by atoms with Crippen LogP contribution >= 0.6 is 0 Å². The molecule has 0 bridgehead atoms. The molecule has 0 aliphatic heterocycles. The van der Waals surface area contributed by atoms with Crippen LogP contribution in [0, 0.1) is 5.92 Å². The van der Waals surface area contributed by atoms with E-state index in [-0.39, 0.29) is 23.4 Å². The molecule has 1 aromatic heterocycles. The molecular weight excluding hydrogens is 311 g/mol. The Hall–Kier alpha value is -2.51. The molecule has 0 saturated heterocycles. The Balaban J connectivity index is 1.67. The molecule has 0 spiro atoms. The van der Waals surface area contributed by atoms with E-state index in [1.165, 1.54) is 18.2 Å². The van der Waals surface area contributed by atoms with Crippen LogP contribution in [0.4, 0.5) is 18.9 Å². The van der Waals surface area contributed by atoms with Crippen LogP contribution in [0.15, 0.2) is 36.7 Å². The van der Waals surface area contributed by atoms with Crippen LogP contribution in [0.5, 0.6) is 5.75 Å². The molecule has 23 heavy (non-hydrogen) atoms. The summed E-state index contributed by atoms with van der Waals surface area (Å²) in [5.41, 5.74) is 0.958. The topological polar surface area (TPSA) is 56.2 Å². The first-order chi connectivity index (χ1) is 10.8. The molecule has 2 aromatic rings. The summed E-state index contributed by atoms with van der Waals surface area (Å²) >= 11 is 0. The summed E-state index contributed by atoms with van der Waals surface area (Å²) in [6, 6.07) is 5.48. The lowest BCUT2D eigenvalue weighted by atomic mass is 10.2. The number of benzene rings is 1. The van der Waals surface area contributed by atoms with Crippen molar-refractivity contribution in [3.63, 3.8) is 0 Å².